The third kappa shape index (κ3) is 5.63. The Labute approximate surface area is 210 Å². The van der Waals surface area contributed by atoms with E-state index < -0.39 is 0 Å². The zero-order valence-electron chi connectivity index (χ0n) is 19.7. The Hall–Kier alpha value is -3.02. The molecule has 0 amide bonds. The minimum atomic E-state index is -0.255. The van der Waals surface area contributed by atoms with Crippen LogP contribution in [0.25, 0.3) is 10.8 Å². The number of aromatic nitrogens is 2. The van der Waals surface area contributed by atoms with Gasteiger partial charge in [-0.2, -0.15) is 5.10 Å². The average molecular weight is 490 g/mol. The van der Waals surface area contributed by atoms with Crippen LogP contribution in [0.4, 0.5) is 4.39 Å². The fraction of sp³-hybridized carbons (Fsp3) is 0.310. The molecule has 1 atom stereocenters. The fourth-order valence-corrected chi connectivity index (χ4v) is 5.25. The third-order valence-corrected chi connectivity index (χ3v) is 7.17. The molecule has 180 valence electrons. The molecule has 5 rings (SSSR count). The van der Waals surface area contributed by atoms with Gasteiger partial charge in [-0.15, -0.1) is 0 Å². The maximum atomic E-state index is 13.4. The van der Waals surface area contributed by atoms with Gasteiger partial charge in [0, 0.05) is 29.9 Å². The van der Waals surface area contributed by atoms with E-state index >= 15 is 0 Å². The summed E-state index contributed by atoms with van der Waals surface area (Å²) in [6.45, 7) is 2.92. The van der Waals surface area contributed by atoms with E-state index in [1.165, 1.54) is 17.7 Å². The molecule has 1 aliphatic heterocycles. The van der Waals surface area contributed by atoms with Gasteiger partial charge in [-0.3, -0.25) is 4.79 Å². The lowest BCUT2D eigenvalue weighted by Crippen LogP contribution is -2.30. The zero-order chi connectivity index (χ0) is 24.2. The van der Waals surface area contributed by atoms with Crippen molar-refractivity contribution in [3.63, 3.8) is 0 Å². The van der Waals surface area contributed by atoms with Gasteiger partial charge in [0.1, 0.15) is 5.82 Å². The van der Waals surface area contributed by atoms with E-state index in [1.807, 2.05) is 42.5 Å². The van der Waals surface area contributed by atoms with Crippen LogP contribution in [0.5, 0.6) is 0 Å². The number of rotatable bonds is 6. The van der Waals surface area contributed by atoms with Gasteiger partial charge in [-0.05, 0) is 73.7 Å². The van der Waals surface area contributed by atoms with Crippen molar-refractivity contribution in [2.45, 2.75) is 38.1 Å². The molecular weight excluding hydrogens is 461 g/mol. The number of nitrogens with zero attached hydrogens (tertiary/aromatic N) is 3. The van der Waals surface area contributed by atoms with Gasteiger partial charge in [-0.1, -0.05) is 54.1 Å². The Morgan fingerprint density at radius 1 is 0.914 bits per heavy atom. The van der Waals surface area contributed by atoms with Crippen LogP contribution < -0.4 is 5.56 Å². The zero-order valence-corrected chi connectivity index (χ0v) is 20.4. The highest BCUT2D eigenvalue weighted by molar-refractivity contribution is 6.30. The first-order chi connectivity index (χ1) is 17.1. The first kappa shape index (κ1) is 23.7. The molecule has 2 heterocycles. The van der Waals surface area contributed by atoms with Crippen LogP contribution in [0, 0.1) is 5.82 Å². The molecular formula is C29H29ClFN3O. The number of fused-ring (bicyclic) bond motifs is 1. The summed E-state index contributed by atoms with van der Waals surface area (Å²) in [6, 6.07) is 22.3. The summed E-state index contributed by atoms with van der Waals surface area (Å²) in [7, 11) is 0. The largest absolute Gasteiger partial charge is 0.303 e. The van der Waals surface area contributed by atoms with Crippen molar-refractivity contribution >= 4 is 22.4 Å². The molecule has 1 aliphatic rings. The number of likely N-dealkylation sites (tertiary alicyclic amines) is 1. The van der Waals surface area contributed by atoms with E-state index in [0.717, 1.165) is 67.0 Å². The fourth-order valence-electron chi connectivity index (χ4n) is 5.03. The summed E-state index contributed by atoms with van der Waals surface area (Å²) in [5.74, 6) is -0.255. The Kier molecular flexibility index (Phi) is 7.26. The number of hydrogen-bond acceptors (Lipinski definition) is 3. The summed E-state index contributed by atoms with van der Waals surface area (Å²) in [5, 5.41) is 7.23. The van der Waals surface area contributed by atoms with Crippen molar-refractivity contribution in [2.24, 2.45) is 0 Å². The van der Waals surface area contributed by atoms with Gasteiger partial charge in [-0.25, -0.2) is 9.07 Å². The van der Waals surface area contributed by atoms with Crippen LogP contribution in [-0.2, 0) is 12.8 Å². The molecule has 3 aromatic carbocycles. The van der Waals surface area contributed by atoms with Gasteiger partial charge in [0.15, 0.2) is 0 Å². The Bertz CT molecular complexity index is 1370. The maximum absolute atomic E-state index is 13.4. The van der Waals surface area contributed by atoms with E-state index in [4.69, 9.17) is 16.7 Å². The number of benzene rings is 3. The molecule has 4 aromatic rings. The molecule has 6 heteroatoms. The Morgan fingerprint density at radius 3 is 2.51 bits per heavy atom. The van der Waals surface area contributed by atoms with E-state index in [0.29, 0.717) is 11.8 Å². The van der Waals surface area contributed by atoms with Crippen molar-refractivity contribution in [3.05, 3.63) is 111 Å². The van der Waals surface area contributed by atoms with Gasteiger partial charge in [0.2, 0.25) is 0 Å². The van der Waals surface area contributed by atoms with Crippen molar-refractivity contribution in [3.8, 4) is 0 Å². The van der Waals surface area contributed by atoms with Gasteiger partial charge >= 0.3 is 0 Å². The minimum Gasteiger partial charge on any atom is -0.303 e. The third-order valence-electron chi connectivity index (χ3n) is 6.93. The monoisotopic (exact) mass is 489 g/mol. The lowest BCUT2D eigenvalue weighted by molar-refractivity contribution is 0.281. The second-order valence-electron chi connectivity index (χ2n) is 9.35. The first-order valence-electron chi connectivity index (χ1n) is 12.3. The smallest absolute Gasteiger partial charge is 0.274 e. The average Bonchev–Trinajstić information content (AvgIpc) is 3.11. The van der Waals surface area contributed by atoms with Crippen molar-refractivity contribution in [1.29, 1.82) is 0 Å². The molecule has 0 bridgehead atoms. The lowest BCUT2D eigenvalue weighted by atomic mass is 10.0. The predicted octanol–water partition coefficient (Wildman–Crippen LogP) is 6.05. The molecule has 0 N–H and O–H groups in total. The lowest BCUT2D eigenvalue weighted by Gasteiger charge is -2.21. The topological polar surface area (TPSA) is 38.1 Å². The summed E-state index contributed by atoms with van der Waals surface area (Å²) in [4.78, 5) is 15.9. The van der Waals surface area contributed by atoms with Crippen LogP contribution in [-0.4, -0.2) is 34.3 Å². The maximum Gasteiger partial charge on any atom is 0.274 e. The van der Waals surface area contributed by atoms with E-state index in [-0.39, 0.29) is 17.4 Å². The second-order valence-corrected chi connectivity index (χ2v) is 9.79. The molecule has 35 heavy (non-hydrogen) atoms. The van der Waals surface area contributed by atoms with Crippen LogP contribution >= 0.6 is 11.6 Å². The van der Waals surface area contributed by atoms with Crippen molar-refractivity contribution in [2.75, 3.05) is 19.6 Å². The standard InChI is InChI=1S/C29H29ClFN3O/c30-23-6-3-5-21(19-23)14-17-33-16-4-7-25(15-18-33)34-29(35)27-9-2-1-8-26(27)28(32-34)20-22-10-12-24(31)13-11-22/h1-3,5-6,8-13,19,25H,4,7,14-18,20H2. The number of halogens is 2. The van der Waals surface area contributed by atoms with Crippen molar-refractivity contribution in [1.82, 2.24) is 14.7 Å². The van der Waals surface area contributed by atoms with Crippen LogP contribution in [0.3, 0.4) is 0 Å². The molecule has 1 aromatic heterocycles. The summed E-state index contributed by atoms with van der Waals surface area (Å²) < 4.78 is 15.1. The summed E-state index contributed by atoms with van der Waals surface area (Å²) in [5.41, 5.74) is 3.05. The molecule has 0 spiro atoms. The van der Waals surface area contributed by atoms with E-state index in [2.05, 4.69) is 11.0 Å². The highest BCUT2D eigenvalue weighted by Gasteiger charge is 2.22. The van der Waals surface area contributed by atoms with Crippen molar-refractivity contribution < 1.29 is 4.39 Å². The SMILES string of the molecule is O=c1c2ccccc2c(Cc2ccc(F)cc2)nn1C1CCCN(CCc2cccc(Cl)c2)CC1. The van der Waals surface area contributed by atoms with E-state index in [1.54, 1.807) is 16.8 Å². The molecule has 1 fully saturated rings. The van der Waals surface area contributed by atoms with Gasteiger partial charge < -0.3 is 4.90 Å². The number of hydrogen-bond donors (Lipinski definition) is 0. The quantitative estimate of drug-likeness (QED) is 0.331. The molecule has 1 saturated heterocycles. The highest BCUT2D eigenvalue weighted by atomic mass is 35.5. The normalized spacial score (nSPS) is 16.9. The van der Waals surface area contributed by atoms with E-state index in [9.17, 15) is 9.18 Å². The van der Waals surface area contributed by atoms with Gasteiger partial charge in [0.25, 0.3) is 5.56 Å². The molecule has 0 aliphatic carbocycles. The first-order valence-corrected chi connectivity index (χ1v) is 12.7. The highest BCUT2D eigenvalue weighted by Crippen LogP contribution is 2.24. The minimum absolute atomic E-state index is 0.0270. The predicted molar refractivity (Wildman–Crippen MR) is 140 cm³/mol. The molecule has 0 radical (unpaired) electrons. The second kappa shape index (κ2) is 10.7. The Balaban J connectivity index is 1.36. The molecule has 0 saturated carbocycles. The van der Waals surface area contributed by atoms with Gasteiger partial charge in [0.05, 0.1) is 17.1 Å². The summed E-state index contributed by atoms with van der Waals surface area (Å²) >= 11 is 6.14. The molecule has 1 unspecified atom stereocenters. The summed E-state index contributed by atoms with van der Waals surface area (Å²) in [6.07, 6.45) is 4.35. The van der Waals surface area contributed by atoms with Crippen LogP contribution in [0.2, 0.25) is 5.02 Å². The Morgan fingerprint density at radius 2 is 1.71 bits per heavy atom. The van der Waals surface area contributed by atoms with Crippen LogP contribution in [0.1, 0.15) is 42.1 Å². The van der Waals surface area contributed by atoms with Crippen LogP contribution in [0.15, 0.2) is 77.6 Å². The molecule has 4 nitrogen and oxygen atoms in total.